The summed E-state index contributed by atoms with van der Waals surface area (Å²) in [6.45, 7) is 5.32. The zero-order valence-corrected chi connectivity index (χ0v) is 18.9. The summed E-state index contributed by atoms with van der Waals surface area (Å²) in [6, 6.07) is 6.78. The van der Waals surface area contributed by atoms with E-state index < -0.39 is 29.8 Å². The van der Waals surface area contributed by atoms with Crippen LogP contribution in [0, 0.1) is 6.08 Å². The number of carboxylic acid groups (broad SMARTS) is 1. The number of carbonyl (C=O) groups excluding carboxylic acids is 2. The van der Waals surface area contributed by atoms with Gasteiger partial charge in [-0.3, -0.25) is 4.90 Å². The van der Waals surface area contributed by atoms with E-state index in [-0.39, 0.29) is 32.2 Å². The predicted molar refractivity (Wildman–Crippen MR) is 120 cm³/mol. The molecule has 8 heteroatoms. The number of benzene rings is 1. The summed E-state index contributed by atoms with van der Waals surface area (Å²) in [5.74, 6) is -1.30. The fourth-order valence-electron chi connectivity index (χ4n) is 4.32. The van der Waals surface area contributed by atoms with Crippen molar-refractivity contribution in [1.82, 2.24) is 9.80 Å². The summed E-state index contributed by atoms with van der Waals surface area (Å²) < 4.78 is 11.0. The molecule has 1 heterocycles. The highest BCUT2D eigenvalue weighted by Crippen LogP contribution is 2.44. The van der Waals surface area contributed by atoms with Gasteiger partial charge in [-0.05, 0) is 32.4 Å². The highest BCUT2D eigenvalue weighted by molar-refractivity contribution is 5.87. The molecule has 1 fully saturated rings. The topological polar surface area (TPSA) is 96.4 Å². The second-order valence-corrected chi connectivity index (χ2v) is 9.20. The summed E-state index contributed by atoms with van der Waals surface area (Å²) in [4.78, 5) is 39.6. The molecule has 1 unspecified atom stereocenters. The fourth-order valence-corrected chi connectivity index (χ4v) is 4.32. The predicted octanol–water partition coefficient (Wildman–Crippen LogP) is 3.61. The third-order valence-corrected chi connectivity index (χ3v) is 5.82. The van der Waals surface area contributed by atoms with E-state index in [1.807, 2.05) is 42.5 Å². The maximum Gasteiger partial charge on any atom is 0.411 e. The average molecular weight is 451 g/mol. The zero-order valence-electron chi connectivity index (χ0n) is 18.9. The minimum Gasteiger partial charge on any atom is -0.480 e. The number of ether oxygens (including phenoxy) is 2. The van der Waals surface area contributed by atoms with Crippen molar-refractivity contribution in [3.05, 3.63) is 65.3 Å². The molecule has 2 aliphatic carbocycles. The number of rotatable bonds is 3. The summed E-state index contributed by atoms with van der Waals surface area (Å²) in [5, 5.41) is 9.65. The van der Waals surface area contributed by atoms with Gasteiger partial charge in [-0.1, -0.05) is 18.2 Å². The molecule has 1 aromatic rings. The molecule has 2 amide bonds. The Balaban J connectivity index is 1.42. The van der Waals surface area contributed by atoms with E-state index in [9.17, 15) is 19.5 Å². The lowest BCUT2D eigenvalue weighted by molar-refractivity contribution is -0.145. The van der Waals surface area contributed by atoms with Crippen LogP contribution in [0.2, 0.25) is 0 Å². The number of aliphatic carboxylic acids is 1. The number of piperazine rings is 1. The van der Waals surface area contributed by atoms with Crippen LogP contribution in [-0.4, -0.2) is 70.9 Å². The number of carbonyl (C=O) groups is 3. The van der Waals surface area contributed by atoms with Crippen molar-refractivity contribution in [3.63, 3.8) is 0 Å². The summed E-state index contributed by atoms with van der Waals surface area (Å²) >= 11 is 0. The first-order valence-electron chi connectivity index (χ1n) is 10.9. The zero-order chi connectivity index (χ0) is 23.8. The normalized spacial score (nSPS) is 21.3. The van der Waals surface area contributed by atoms with Crippen molar-refractivity contribution in [2.75, 3.05) is 26.2 Å². The molecule has 1 N–H and O–H groups in total. The van der Waals surface area contributed by atoms with E-state index in [1.165, 1.54) is 4.90 Å². The molecular formula is C25H27N2O6+. The van der Waals surface area contributed by atoms with Crippen LogP contribution in [0.5, 0.6) is 0 Å². The average Bonchev–Trinajstić information content (AvgIpc) is 3.09. The minimum atomic E-state index is -1.20. The van der Waals surface area contributed by atoms with Gasteiger partial charge in [-0.25, -0.2) is 14.4 Å². The van der Waals surface area contributed by atoms with Crippen molar-refractivity contribution in [3.8, 4) is 0 Å². The lowest BCUT2D eigenvalue weighted by Crippen LogP contribution is -2.60. The van der Waals surface area contributed by atoms with Crippen molar-refractivity contribution in [1.29, 1.82) is 0 Å². The molecule has 0 aromatic heterocycles. The number of hydrogen-bond acceptors (Lipinski definition) is 5. The molecule has 172 valence electrons. The molecular weight excluding hydrogens is 424 g/mol. The molecule has 4 rings (SSSR count). The van der Waals surface area contributed by atoms with Crippen LogP contribution in [-0.2, 0) is 14.3 Å². The molecule has 8 nitrogen and oxygen atoms in total. The Labute approximate surface area is 192 Å². The van der Waals surface area contributed by atoms with E-state index in [1.54, 1.807) is 20.8 Å². The standard InChI is InChI=1S/C25H26N2O6/c1-25(2,3)33-24(31)27-13-12-26(14-21(27)22(28)29)23(30)32-15-20-18-10-6-4-8-16(18)17-9-5-7-11-19(17)20/h4,6-11,20-21H,12-15H2,1-3H3/p+1/t20?,21-/m0/s1. The number of hydrogen-bond donors (Lipinski definition) is 1. The van der Waals surface area contributed by atoms with E-state index >= 15 is 0 Å². The number of fused-ring (bicyclic) bond motifs is 2. The molecule has 0 radical (unpaired) electrons. The number of carboxylic acids is 1. The van der Waals surface area contributed by atoms with E-state index in [0.717, 1.165) is 27.2 Å². The molecule has 1 saturated heterocycles. The fraction of sp³-hybridized carbons (Fsp3) is 0.400. The third kappa shape index (κ3) is 4.61. The van der Waals surface area contributed by atoms with E-state index in [4.69, 9.17) is 9.47 Å². The molecule has 1 aromatic carbocycles. The minimum absolute atomic E-state index is 0.0475. The number of nitrogens with zero attached hydrogens (tertiary/aromatic N) is 2. The van der Waals surface area contributed by atoms with Crippen LogP contribution >= 0.6 is 0 Å². The molecule has 3 aliphatic rings. The second kappa shape index (κ2) is 8.71. The SMILES string of the molecule is CC(C)(C)OC(=O)N1CCN(C(=O)OCC2C3=C(C=[C+]C=C3)c3ccccc32)C[C@H]1C(=O)O. The maximum atomic E-state index is 12.8. The first-order chi connectivity index (χ1) is 15.7. The van der Waals surface area contributed by atoms with E-state index in [2.05, 4.69) is 6.08 Å². The Morgan fingerprint density at radius 1 is 1.15 bits per heavy atom. The summed E-state index contributed by atoms with van der Waals surface area (Å²) in [5.41, 5.74) is 3.58. The largest absolute Gasteiger partial charge is 0.480 e. The monoisotopic (exact) mass is 451 g/mol. The first kappa shape index (κ1) is 22.6. The molecule has 1 aliphatic heterocycles. The van der Waals surface area contributed by atoms with Crippen LogP contribution in [0.1, 0.15) is 37.8 Å². The van der Waals surface area contributed by atoms with Crippen LogP contribution in [0.15, 0.2) is 48.1 Å². The van der Waals surface area contributed by atoms with Gasteiger partial charge < -0.3 is 19.5 Å². The highest BCUT2D eigenvalue weighted by atomic mass is 16.6. The molecule has 0 saturated carbocycles. The molecule has 33 heavy (non-hydrogen) atoms. The maximum absolute atomic E-state index is 12.8. The van der Waals surface area contributed by atoms with Crippen LogP contribution in [0.4, 0.5) is 9.59 Å². The van der Waals surface area contributed by atoms with Gasteiger partial charge in [0.2, 0.25) is 0 Å². The summed E-state index contributed by atoms with van der Waals surface area (Å²) in [7, 11) is 0. The lowest BCUT2D eigenvalue weighted by atomic mass is 9.95. The molecule has 0 bridgehead atoms. The van der Waals surface area contributed by atoms with Gasteiger partial charge >= 0.3 is 18.2 Å². The Morgan fingerprint density at radius 3 is 2.64 bits per heavy atom. The first-order valence-corrected chi connectivity index (χ1v) is 10.9. The van der Waals surface area contributed by atoms with Crippen molar-refractivity contribution >= 4 is 23.7 Å². The highest BCUT2D eigenvalue weighted by Gasteiger charge is 2.40. The van der Waals surface area contributed by atoms with Gasteiger partial charge in [-0.2, -0.15) is 0 Å². The Morgan fingerprint density at radius 2 is 1.91 bits per heavy atom. The summed E-state index contributed by atoms with van der Waals surface area (Å²) in [6.07, 6.45) is 7.55. The Bertz CT molecular complexity index is 1060. The van der Waals surface area contributed by atoms with Gasteiger partial charge in [0.15, 0.2) is 6.04 Å². The van der Waals surface area contributed by atoms with Crippen molar-refractivity contribution < 1.29 is 29.0 Å². The van der Waals surface area contributed by atoms with E-state index in [0.29, 0.717) is 0 Å². The number of allylic oxidation sites excluding steroid dienone is 5. The Kier molecular flexibility index (Phi) is 5.95. The Hall–Kier alpha value is -3.64. The number of amides is 2. The van der Waals surface area contributed by atoms with Gasteiger partial charge in [-0.15, -0.1) is 0 Å². The van der Waals surface area contributed by atoms with Gasteiger partial charge in [0.05, 0.1) is 29.7 Å². The molecule has 2 atom stereocenters. The van der Waals surface area contributed by atoms with Crippen molar-refractivity contribution in [2.24, 2.45) is 0 Å². The lowest BCUT2D eigenvalue weighted by Gasteiger charge is -2.39. The second-order valence-electron chi connectivity index (χ2n) is 9.20. The van der Waals surface area contributed by atoms with Crippen LogP contribution in [0.25, 0.3) is 5.57 Å². The van der Waals surface area contributed by atoms with Gasteiger partial charge in [0.25, 0.3) is 0 Å². The molecule has 0 spiro atoms. The van der Waals surface area contributed by atoms with Gasteiger partial charge in [0.1, 0.15) is 24.4 Å². The van der Waals surface area contributed by atoms with Crippen molar-refractivity contribution in [2.45, 2.75) is 38.3 Å². The quantitative estimate of drug-likeness (QED) is 0.706. The third-order valence-electron chi connectivity index (χ3n) is 5.82. The van der Waals surface area contributed by atoms with Crippen LogP contribution in [0.3, 0.4) is 0 Å². The van der Waals surface area contributed by atoms with Gasteiger partial charge in [0, 0.05) is 24.7 Å². The smallest absolute Gasteiger partial charge is 0.411 e. The van der Waals surface area contributed by atoms with Crippen LogP contribution < -0.4 is 0 Å².